The van der Waals surface area contributed by atoms with Gasteiger partial charge in [-0.2, -0.15) is 0 Å². The van der Waals surface area contributed by atoms with E-state index >= 15 is 0 Å². The molecule has 0 radical (unpaired) electrons. The minimum atomic E-state index is -1.69. The predicted octanol–water partition coefficient (Wildman–Crippen LogP) is 3.47. The van der Waals surface area contributed by atoms with E-state index in [1.807, 2.05) is 6.92 Å². The molecule has 0 aromatic rings. The highest BCUT2D eigenvalue weighted by Gasteiger charge is 2.36. The summed E-state index contributed by atoms with van der Waals surface area (Å²) in [4.78, 5) is 11.2. The lowest BCUT2D eigenvalue weighted by molar-refractivity contribution is -0.145. The third-order valence-electron chi connectivity index (χ3n) is 5.67. The van der Waals surface area contributed by atoms with Gasteiger partial charge >= 0.3 is 5.97 Å². The van der Waals surface area contributed by atoms with Gasteiger partial charge in [0, 0.05) is 6.42 Å². The van der Waals surface area contributed by atoms with Crippen LogP contribution < -0.4 is 0 Å². The molecule has 0 amide bonds. The fraction of sp³-hybridized carbons (Fsp3) is 0.962. The van der Waals surface area contributed by atoms with Gasteiger partial charge in [0.25, 0.3) is 0 Å². The largest absolute Gasteiger partial charge is 0.463 e. The molecule has 0 aliphatic rings. The first-order chi connectivity index (χ1) is 17.7. The first-order valence-electron chi connectivity index (χ1n) is 13.5. The van der Waals surface area contributed by atoms with Crippen molar-refractivity contribution in [2.45, 2.75) is 58.7 Å². The van der Waals surface area contributed by atoms with E-state index in [-0.39, 0.29) is 17.6 Å². The SMILES string of the molecule is CCCC(=O)OCCOCCOCCOCCOCCOCCOCCOCCO[Si](C)(C)C(C)(C)C. The maximum absolute atomic E-state index is 11.2. The Bertz CT molecular complexity index is 514. The number of carbonyl (C=O) groups is 1. The van der Waals surface area contributed by atoms with Gasteiger partial charge in [-0.1, -0.05) is 27.7 Å². The Morgan fingerprint density at radius 1 is 0.541 bits per heavy atom. The molecule has 0 atom stereocenters. The van der Waals surface area contributed by atoms with Gasteiger partial charge in [-0.15, -0.1) is 0 Å². The van der Waals surface area contributed by atoms with Crippen molar-refractivity contribution in [1.82, 2.24) is 0 Å². The molecule has 37 heavy (non-hydrogen) atoms. The average molecular weight is 555 g/mol. The Hall–Kier alpha value is -0.633. The zero-order chi connectivity index (χ0) is 27.7. The molecule has 0 unspecified atom stereocenters. The molecule has 0 saturated heterocycles. The highest BCUT2D eigenvalue weighted by Crippen LogP contribution is 2.36. The van der Waals surface area contributed by atoms with Crippen LogP contribution in [0.5, 0.6) is 0 Å². The molecule has 222 valence electrons. The molecular weight excluding hydrogens is 500 g/mol. The third-order valence-corrected chi connectivity index (χ3v) is 10.2. The second kappa shape index (κ2) is 24.4. The van der Waals surface area contributed by atoms with Crippen molar-refractivity contribution in [3.63, 3.8) is 0 Å². The van der Waals surface area contributed by atoms with Crippen LogP contribution in [-0.4, -0.2) is 120 Å². The standard InChI is InChI=1S/C26H54O10Si/c1-7-8-25(27)35-23-21-33-19-17-31-15-13-29-11-9-28-10-12-30-14-16-32-18-20-34-22-24-36-37(5,6)26(2,3)4/h7-24H2,1-6H3. The lowest BCUT2D eigenvalue weighted by Gasteiger charge is -2.36. The summed E-state index contributed by atoms with van der Waals surface area (Å²) in [5.41, 5.74) is 0. The van der Waals surface area contributed by atoms with Crippen molar-refractivity contribution in [2.75, 3.05) is 106 Å². The summed E-state index contributed by atoms with van der Waals surface area (Å²) in [6, 6.07) is 0. The first kappa shape index (κ1) is 36.4. The number of hydrogen-bond acceptors (Lipinski definition) is 10. The second-order valence-corrected chi connectivity index (χ2v) is 14.7. The van der Waals surface area contributed by atoms with Crippen LogP contribution in [0, 0.1) is 0 Å². The molecule has 0 bridgehead atoms. The molecule has 0 aromatic heterocycles. The summed E-state index contributed by atoms with van der Waals surface area (Å²) >= 11 is 0. The van der Waals surface area contributed by atoms with Gasteiger partial charge in [-0.25, -0.2) is 0 Å². The molecule has 11 heteroatoms. The van der Waals surface area contributed by atoms with Gasteiger partial charge in [0.2, 0.25) is 0 Å². The van der Waals surface area contributed by atoms with E-state index in [0.717, 1.165) is 6.42 Å². The molecule has 10 nitrogen and oxygen atoms in total. The Kier molecular flexibility index (Phi) is 24.0. The van der Waals surface area contributed by atoms with Crippen LogP contribution in [0.15, 0.2) is 0 Å². The van der Waals surface area contributed by atoms with Crippen LogP contribution in [-0.2, 0) is 47.1 Å². The van der Waals surface area contributed by atoms with E-state index in [0.29, 0.717) is 106 Å². The summed E-state index contributed by atoms with van der Waals surface area (Å²) in [7, 11) is -1.69. The number of hydrogen-bond donors (Lipinski definition) is 0. The van der Waals surface area contributed by atoms with Gasteiger partial charge < -0.3 is 42.3 Å². The molecule has 0 aromatic carbocycles. The monoisotopic (exact) mass is 554 g/mol. The Balaban J connectivity index is 3.17. The Labute approximate surface area is 226 Å². The average Bonchev–Trinajstić information content (AvgIpc) is 2.83. The zero-order valence-corrected chi connectivity index (χ0v) is 25.3. The highest BCUT2D eigenvalue weighted by atomic mass is 28.4. The van der Waals surface area contributed by atoms with Crippen molar-refractivity contribution >= 4 is 14.3 Å². The van der Waals surface area contributed by atoms with Crippen LogP contribution in [0.1, 0.15) is 40.5 Å². The summed E-state index contributed by atoms with van der Waals surface area (Å²) in [5.74, 6) is -0.183. The smallest absolute Gasteiger partial charge is 0.305 e. The second-order valence-electron chi connectivity index (χ2n) is 9.87. The van der Waals surface area contributed by atoms with Crippen molar-refractivity contribution in [1.29, 1.82) is 0 Å². The molecule has 0 spiro atoms. The Morgan fingerprint density at radius 2 is 0.838 bits per heavy atom. The summed E-state index contributed by atoms with van der Waals surface area (Å²) in [6.45, 7) is 21.2. The van der Waals surface area contributed by atoms with E-state index in [2.05, 4.69) is 33.9 Å². The van der Waals surface area contributed by atoms with Crippen LogP contribution in [0.3, 0.4) is 0 Å². The van der Waals surface area contributed by atoms with Gasteiger partial charge in [0.15, 0.2) is 8.32 Å². The molecule has 0 aliphatic carbocycles. The van der Waals surface area contributed by atoms with Gasteiger partial charge in [0.05, 0.1) is 99.1 Å². The third kappa shape index (κ3) is 24.2. The summed E-state index contributed by atoms with van der Waals surface area (Å²) in [5, 5.41) is 0.219. The first-order valence-corrected chi connectivity index (χ1v) is 16.5. The quantitative estimate of drug-likeness (QED) is 0.0852. The van der Waals surface area contributed by atoms with Crippen LogP contribution in [0.4, 0.5) is 0 Å². The lowest BCUT2D eigenvalue weighted by atomic mass is 10.2. The molecule has 0 saturated carbocycles. The Morgan fingerprint density at radius 3 is 1.14 bits per heavy atom. The maximum Gasteiger partial charge on any atom is 0.305 e. The zero-order valence-electron chi connectivity index (χ0n) is 24.3. The number of esters is 1. The van der Waals surface area contributed by atoms with Gasteiger partial charge in [-0.05, 0) is 24.6 Å². The summed E-state index contributed by atoms with van der Waals surface area (Å²) in [6.07, 6.45) is 1.24. The number of ether oxygens (including phenoxy) is 8. The summed E-state index contributed by atoms with van der Waals surface area (Å²) < 4.78 is 49.2. The van der Waals surface area contributed by atoms with Crippen molar-refractivity contribution < 1.29 is 47.1 Å². The lowest BCUT2D eigenvalue weighted by Crippen LogP contribution is -2.41. The minimum Gasteiger partial charge on any atom is -0.463 e. The fourth-order valence-electron chi connectivity index (χ4n) is 2.48. The van der Waals surface area contributed by atoms with Gasteiger partial charge in [-0.3, -0.25) is 4.79 Å². The maximum atomic E-state index is 11.2. The molecule has 0 rings (SSSR count). The predicted molar refractivity (Wildman–Crippen MR) is 145 cm³/mol. The molecule has 0 heterocycles. The van der Waals surface area contributed by atoms with E-state index in [9.17, 15) is 4.79 Å². The van der Waals surface area contributed by atoms with Crippen molar-refractivity contribution in [3.05, 3.63) is 0 Å². The van der Waals surface area contributed by atoms with E-state index in [4.69, 9.17) is 42.3 Å². The van der Waals surface area contributed by atoms with Crippen molar-refractivity contribution in [3.8, 4) is 0 Å². The molecule has 0 fully saturated rings. The number of carbonyl (C=O) groups excluding carboxylic acids is 1. The molecule has 0 N–H and O–H groups in total. The minimum absolute atomic E-state index is 0.183. The fourth-order valence-corrected chi connectivity index (χ4v) is 3.51. The van der Waals surface area contributed by atoms with E-state index in [1.54, 1.807) is 0 Å². The topological polar surface area (TPSA) is 100 Å². The molecule has 0 aliphatic heterocycles. The van der Waals surface area contributed by atoms with Crippen LogP contribution in [0.2, 0.25) is 18.1 Å². The van der Waals surface area contributed by atoms with Crippen molar-refractivity contribution in [2.24, 2.45) is 0 Å². The normalized spacial score (nSPS) is 12.3. The van der Waals surface area contributed by atoms with E-state index < -0.39 is 8.32 Å². The van der Waals surface area contributed by atoms with E-state index in [1.165, 1.54) is 0 Å². The van der Waals surface area contributed by atoms with Crippen LogP contribution in [0.25, 0.3) is 0 Å². The molecular formula is C26H54O10Si. The number of rotatable bonds is 27. The van der Waals surface area contributed by atoms with Crippen LogP contribution >= 0.6 is 0 Å². The highest BCUT2D eigenvalue weighted by molar-refractivity contribution is 6.74. The van der Waals surface area contributed by atoms with Gasteiger partial charge in [0.1, 0.15) is 6.61 Å².